The Hall–Kier alpha value is -2.37. The van der Waals surface area contributed by atoms with Gasteiger partial charge in [0.2, 0.25) is 0 Å². The molecule has 0 spiro atoms. The molecule has 0 unspecified atom stereocenters. The van der Waals surface area contributed by atoms with E-state index in [-0.39, 0.29) is 0 Å². The van der Waals surface area contributed by atoms with Gasteiger partial charge in [-0.1, -0.05) is 85.3 Å². The Morgan fingerprint density at radius 3 is 2.13 bits per heavy atom. The Kier molecular flexibility index (Phi) is 9.38. The zero-order chi connectivity index (χ0) is 21.9. The first-order valence-electron chi connectivity index (χ1n) is 10.8. The topological polar surface area (TPSA) is 27.7 Å². The fourth-order valence-electron chi connectivity index (χ4n) is 3.41. The van der Waals surface area contributed by atoms with Gasteiger partial charge in [0, 0.05) is 43.3 Å². The van der Waals surface area contributed by atoms with Crippen LogP contribution in [0.2, 0.25) is 5.02 Å². The van der Waals surface area contributed by atoms with Crippen molar-refractivity contribution in [2.24, 2.45) is 0 Å². The molecule has 0 aliphatic rings. The maximum absolute atomic E-state index is 6.52. The normalized spacial score (nSPS) is 11.3. The average molecular weight is 438 g/mol. The van der Waals surface area contributed by atoms with Crippen molar-refractivity contribution in [3.05, 3.63) is 101 Å². The number of nitrogens with one attached hydrogen (secondary N) is 1. The molecule has 5 heteroatoms. The van der Waals surface area contributed by atoms with E-state index in [1.165, 1.54) is 11.1 Å². The van der Waals surface area contributed by atoms with Gasteiger partial charge in [0.1, 0.15) is 12.4 Å². The molecule has 0 aliphatic carbocycles. The predicted octanol–water partition coefficient (Wildman–Crippen LogP) is 5.38. The Morgan fingerprint density at radius 1 is 0.839 bits per heavy atom. The summed E-state index contributed by atoms with van der Waals surface area (Å²) >= 11 is 6.52. The lowest BCUT2D eigenvalue weighted by atomic mass is 10.2. The minimum absolute atomic E-state index is 0.609. The molecule has 0 radical (unpaired) electrons. The molecule has 3 aromatic rings. The smallest absolute Gasteiger partial charge is 0.125 e. The Morgan fingerprint density at radius 2 is 1.48 bits per heavy atom. The number of nitrogens with zero attached hydrogens (tertiary/aromatic N) is 2. The van der Waals surface area contributed by atoms with Gasteiger partial charge in [0.05, 0.1) is 0 Å². The molecule has 3 aromatic carbocycles. The first-order valence-corrected chi connectivity index (χ1v) is 11.2. The van der Waals surface area contributed by atoms with Gasteiger partial charge in [-0.25, -0.2) is 5.01 Å². The maximum Gasteiger partial charge on any atom is 0.125 e. The molecular weight excluding hydrogens is 406 g/mol. The zero-order valence-electron chi connectivity index (χ0n) is 18.4. The second-order valence-electron chi connectivity index (χ2n) is 7.62. The van der Waals surface area contributed by atoms with Crippen molar-refractivity contribution in [2.75, 3.05) is 26.7 Å². The summed E-state index contributed by atoms with van der Waals surface area (Å²) in [6.45, 7) is 6.83. The van der Waals surface area contributed by atoms with Crippen LogP contribution >= 0.6 is 11.6 Å². The molecule has 31 heavy (non-hydrogen) atoms. The highest BCUT2D eigenvalue weighted by atomic mass is 35.5. The van der Waals surface area contributed by atoms with Gasteiger partial charge in [-0.05, 0) is 30.3 Å². The quantitative estimate of drug-likeness (QED) is 0.385. The average Bonchev–Trinajstić information content (AvgIpc) is 2.79. The molecule has 0 saturated heterocycles. The van der Waals surface area contributed by atoms with Crippen LogP contribution in [0.25, 0.3) is 0 Å². The van der Waals surface area contributed by atoms with E-state index in [2.05, 4.69) is 77.8 Å². The summed E-state index contributed by atoms with van der Waals surface area (Å²) in [7, 11) is 2.11. The van der Waals surface area contributed by atoms with Gasteiger partial charge in [-0.15, -0.1) is 0 Å². The van der Waals surface area contributed by atoms with Crippen LogP contribution in [0.3, 0.4) is 0 Å². The molecule has 0 saturated carbocycles. The lowest BCUT2D eigenvalue weighted by Gasteiger charge is -2.23. The van der Waals surface area contributed by atoms with Crippen molar-refractivity contribution in [3.8, 4) is 5.75 Å². The second-order valence-corrected chi connectivity index (χ2v) is 8.03. The molecule has 3 rings (SSSR count). The molecular formula is C26H32ClN3O. The molecule has 164 valence electrons. The summed E-state index contributed by atoms with van der Waals surface area (Å²) in [4.78, 5) is 2.26. The van der Waals surface area contributed by atoms with Crippen LogP contribution in [-0.4, -0.2) is 36.7 Å². The summed E-state index contributed by atoms with van der Waals surface area (Å²) < 4.78 is 6.13. The van der Waals surface area contributed by atoms with Crippen LogP contribution in [-0.2, 0) is 19.6 Å². The Balaban J connectivity index is 1.53. The highest BCUT2D eigenvalue weighted by molar-refractivity contribution is 6.31. The monoisotopic (exact) mass is 437 g/mol. The Bertz CT molecular complexity index is 905. The van der Waals surface area contributed by atoms with E-state index in [4.69, 9.17) is 16.3 Å². The number of ether oxygens (including phenoxy) is 1. The van der Waals surface area contributed by atoms with Crippen molar-refractivity contribution in [1.29, 1.82) is 0 Å². The van der Waals surface area contributed by atoms with E-state index in [1.54, 1.807) is 0 Å². The summed E-state index contributed by atoms with van der Waals surface area (Å²) in [5.74, 6) is 0.837. The van der Waals surface area contributed by atoms with Gasteiger partial charge >= 0.3 is 0 Å². The van der Waals surface area contributed by atoms with Crippen LogP contribution in [0.4, 0.5) is 0 Å². The van der Waals surface area contributed by atoms with Crippen LogP contribution in [0, 0.1) is 0 Å². The summed E-state index contributed by atoms with van der Waals surface area (Å²) in [6.07, 6.45) is 0. The number of benzene rings is 3. The summed E-state index contributed by atoms with van der Waals surface area (Å²) in [5.41, 5.74) is 7.07. The first-order chi connectivity index (χ1) is 15.2. The number of likely N-dealkylation sites (N-methyl/N-ethyl adjacent to an activating group) is 1. The second kappa shape index (κ2) is 12.5. The van der Waals surface area contributed by atoms with E-state index >= 15 is 0 Å². The van der Waals surface area contributed by atoms with E-state index in [0.29, 0.717) is 13.2 Å². The standard InChI is InChI=1S/C26H32ClN3O/c1-3-30(21-23-13-8-5-9-14-23)28-19-24-25(27)15-10-16-26(24)31-18-17-29(2)20-22-11-6-4-7-12-22/h4-16,28H,3,17-21H2,1-2H3. The molecule has 0 atom stereocenters. The van der Waals surface area contributed by atoms with E-state index in [0.717, 1.165) is 42.5 Å². The zero-order valence-corrected chi connectivity index (χ0v) is 19.2. The number of hydrazine groups is 1. The first kappa shape index (κ1) is 23.3. The SMILES string of the molecule is CCN(Cc1ccccc1)NCc1c(Cl)cccc1OCCN(C)Cc1ccccc1. The third-order valence-electron chi connectivity index (χ3n) is 5.18. The molecule has 0 bridgehead atoms. The predicted molar refractivity (Wildman–Crippen MR) is 129 cm³/mol. The molecule has 0 heterocycles. The van der Waals surface area contributed by atoms with Crippen molar-refractivity contribution in [3.63, 3.8) is 0 Å². The van der Waals surface area contributed by atoms with E-state index < -0.39 is 0 Å². The van der Waals surface area contributed by atoms with Crippen molar-refractivity contribution in [1.82, 2.24) is 15.3 Å². The highest BCUT2D eigenvalue weighted by Crippen LogP contribution is 2.26. The largest absolute Gasteiger partial charge is 0.492 e. The third-order valence-corrected chi connectivity index (χ3v) is 5.53. The van der Waals surface area contributed by atoms with Crippen molar-refractivity contribution in [2.45, 2.75) is 26.6 Å². The fourth-order valence-corrected chi connectivity index (χ4v) is 3.64. The number of rotatable bonds is 12. The van der Waals surface area contributed by atoms with Gasteiger partial charge in [-0.3, -0.25) is 10.3 Å². The molecule has 1 N–H and O–H groups in total. The van der Waals surface area contributed by atoms with Crippen LogP contribution in [0.1, 0.15) is 23.6 Å². The summed E-state index contributed by atoms with van der Waals surface area (Å²) in [6, 6.07) is 26.8. The molecule has 0 amide bonds. The minimum atomic E-state index is 0.609. The van der Waals surface area contributed by atoms with Crippen LogP contribution in [0.5, 0.6) is 5.75 Å². The molecule has 0 aliphatic heterocycles. The summed E-state index contributed by atoms with van der Waals surface area (Å²) in [5, 5.41) is 2.91. The van der Waals surface area contributed by atoms with Crippen LogP contribution in [0.15, 0.2) is 78.9 Å². The molecule has 0 aromatic heterocycles. The van der Waals surface area contributed by atoms with E-state index in [1.807, 2.05) is 30.3 Å². The lowest BCUT2D eigenvalue weighted by Crippen LogP contribution is -2.37. The molecule has 0 fully saturated rings. The number of hydrogen-bond acceptors (Lipinski definition) is 4. The van der Waals surface area contributed by atoms with Crippen molar-refractivity contribution >= 4 is 11.6 Å². The minimum Gasteiger partial charge on any atom is -0.492 e. The van der Waals surface area contributed by atoms with Gasteiger partial charge < -0.3 is 4.74 Å². The Labute approximate surface area is 191 Å². The molecule has 4 nitrogen and oxygen atoms in total. The van der Waals surface area contributed by atoms with Gasteiger partial charge in [0.15, 0.2) is 0 Å². The highest BCUT2D eigenvalue weighted by Gasteiger charge is 2.11. The van der Waals surface area contributed by atoms with Gasteiger partial charge in [0.25, 0.3) is 0 Å². The lowest BCUT2D eigenvalue weighted by molar-refractivity contribution is 0.182. The maximum atomic E-state index is 6.52. The number of hydrogen-bond donors (Lipinski definition) is 1. The third kappa shape index (κ3) is 7.67. The van der Waals surface area contributed by atoms with Crippen LogP contribution < -0.4 is 10.2 Å². The number of halogens is 1. The van der Waals surface area contributed by atoms with E-state index in [9.17, 15) is 0 Å². The van der Waals surface area contributed by atoms with Gasteiger partial charge in [-0.2, -0.15) is 0 Å². The van der Waals surface area contributed by atoms with Crippen molar-refractivity contribution < 1.29 is 4.74 Å². The fraction of sp³-hybridized carbons (Fsp3) is 0.308.